The largest absolute Gasteiger partial charge is 0.469 e. The van der Waals surface area contributed by atoms with Crippen molar-refractivity contribution in [3.63, 3.8) is 0 Å². The summed E-state index contributed by atoms with van der Waals surface area (Å²) in [6.45, 7) is 4.35. The predicted molar refractivity (Wildman–Crippen MR) is 56.2 cm³/mol. The summed E-state index contributed by atoms with van der Waals surface area (Å²) in [7, 11) is 0. The zero-order chi connectivity index (χ0) is 10.4. The molecule has 3 heteroatoms. The van der Waals surface area contributed by atoms with E-state index in [0.717, 1.165) is 18.6 Å². The summed E-state index contributed by atoms with van der Waals surface area (Å²) >= 11 is 0. The van der Waals surface area contributed by atoms with Crippen LogP contribution in [0.2, 0.25) is 0 Å². The molecular weight excluding hydrogens is 178 g/mol. The van der Waals surface area contributed by atoms with E-state index in [0.29, 0.717) is 6.04 Å². The van der Waals surface area contributed by atoms with Crippen molar-refractivity contribution in [3.05, 3.63) is 24.2 Å². The first kappa shape index (κ1) is 11.3. The Morgan fingerprint density at radius 2 is 2.36 bits per heavy atom. The highest BCUT2D eigenvalue weighted by molar-refractivity contribution is 5.00. The average Bonchev–Trinajstić information content (AvgIpc) is 2.66. The summed E-state index contributed by atoms with van der Waals surface area (Å²) in [5.41, 5.74) is 0. The molecule has 0 amide bonds. The third-order valence-corrected chi connectivity index (χ3v) is 2.32. The van der Waals surface area contributed by atoms with Gasteiger partial charge in [-0.3, -0.25) is 0 Å². The number of hydrogen-bond donors (Lipinski definition) is 2. The summed E-state index contributed by atoms with van der Waals surface area (Å²) in [5, 5.41) is 12.4. The maximum absolute atomic E-state index is 9.02. The van der Waals surface area contributed by atoms with Gasteiger partial charge in [-0.15, -0.1) is 0 Å². The van der Waals surface area contributed by atoms with Gasteiger partial charge in [0.2, 0.25) is 0 Å². The van der Waals surface area contributed by atoms with E-state index in [2.05, 4.69) is 19.2 Å². The number of rotatable bonds is 6. The highest BCUT2D eigenvalue weighted by atomic mass is 16.3. The topological polar surface area (TPSA) is 45.4 Å². The third-order valence-electron chi connectivity index (χ3n) is 2.32. The van der Waals surface area contributed by atoms with Gasteiger partial charge in [0.05, 0.1) is 12.9 Å². The summed E-state index contributed by atoms with van der Waals surface area (Å²) < 4.78 is 5.25. The number of aliphatic hydroxyl groups is 1. The molecule has 0 aliphatic rings. The molecule has 1 rings (SSSR count). The van der Waals surface area contributed by atoms with Gasteiger partial charge in [-0.1, -0.05) is 6.92 Å². The molecule has 0 aliphatic carbocycles. The monoisotopic (exact) mass is 197 g/mol. The van der Waals surface area contributed by atoms with Gasteiger partial charge in [0.15, 0.2) is 0 Å². The van der Waals surface area contributed by atoms with Gasteiger partial charge < -0.3 is 14.8 Å². The molecule has 1 aromatic heterocycles. The highest BCUT2D eigenvalue weighted by Gasteiger charge is 2.10. The molecule has 0 bridgehead atoms. The van der Waals surface area contributed by atoms with E-state index in [1.807, 2.05) is 12.1 Å². The number of furan rings is 1. The Kier molecular flexibility index (Phi) is 4.70. The van der Waals surface area contributed by atoms with Crippen LogP contribution < -0.4 is 5.32 Å². The van der Waals surface area contributed by atoms with Crippen molar-refractivity contribution in [1.29, 1.82) is 0 Å². The van der Waals surface area contributed by atoms with Crippen molar-refractivity contribution in [1.82, 2.24) is 5.32 Å². The molecule has 2 unspecified atom stereocenters. The Hall–Kier alpha value is -0.800. The van der Waals surface area contributed by atoms with Crippen LogP contribution in [0.4, 0.5) is 0 Å². The van der Waals surface area contributed by atoms with Crippen molar-refractivity contribution in [3.8, 4) is 0 Å². The lowest BCUT2D eigenvalue weighted by atomic mass is 10.1. The second-order valence-electron chi connectivity index (χ2n) is 3.64. The lowest BCUT2D eigenvalue weighted by molar-refractivity contribution is 0.228. The Bertz CT molecular complexity index is 229. The Labute approximate surface area is 85.1 Å². The molecule has 80 valence electrons. The van der Waals surface area contributed by atoms with Gasteiger partial charge in [-0.05, 0) is 25.5 Å². The molecule has 2 N–H and O–H groups in total. The summed E-state index contributed by atoms with van der Waals surface area (Å²) in [6, 6.07) is 4.39. The van der Waals surface area contributed by atoms with E-state index in [1.54, 1.807) is 6.26 Å². The SMILES string of the molecule is CCC(CO)NC(C)Cc1ccco1. The second kappa shape index (κ2) is 5.83. The molecule has 14 heavy (non-hydrogen) atoms. The van der Waals surface area contributed by atoms with E-state index in [9.17, 15) is 0 Å². The van der Waals surface area contributed by atoms with Crippen molar-refractivity contribution in [2.24, 2.45) is 0 Å². The van der Waals surface area contributed by atoms with Crippen LogP contribution in [-0.2, 0) is 6.42 Å². The molecule has 3 nitrogen and oxygen atoms in total. The molecule has 1 aromatic rings. The minimum absolute atomic E-state index is 0.193. The second-order valence-corrected chi connectivity index (χ2v) is 3.64. The van der Waals surface area contributed by atoms with Gasteiger partial charge in [0.1, 0.15) is 5.76 Å². The molecule has 0 aliphatic heterocycles. The van der Waals surface area contributed by atoms with Crippen LogP contribution in [0.3, 0.4) is 0 Å². The first-order valence-corrected chi connectivity index (χ1v) is 5.15. The van der Waals surface area contributed by atoms with Crippen molar-refractivity contribution in [2.75, 3.05) is 6.61 Å². The minimum atomic E-state index is 0.193. The Balaban J connectivity index is 2.31. The molecule has 0 fully saturated rings. The van der Waals surface area contributed by atoms with E-state index < -0.39 is 0 Å². The first-order valence-electron chi connectivity index (χ1n) is 5.15. The van der Waals surface area contributed by atoms with Crippen LogP contribution in [0.5, 0.6) is 0 Å². The highest BCUT2D eigenvalue weighted by Crippen LogP contribution is 2.04. The van der Waals surface area contributed by atoms with E-state index in [4.69, 9.17) is 9.52 Å². The lowest BCUT2D eigenvalue weighted by Gasteiger charge is -2.19. The fourth-order valence-electron chi connectivity index (χ4n) is 1.49. The van der Waals surface area contributed by atoms with Gasteiger partial charge in [0, 0.05) is 18.5 Å². The summed E-state index contributed by atoms with van der Waals surface area (Å²) in [4.78, 5) is 0. The molecule has 0 spiro atoms. The smallest absolute Gasteiger partial charge is 0.105 e. The van der Waals surface area contributed by atoms with Gasteiger partial charge >= 0.3 is 0 Å². The van der Waals surface area contributed by atoms with Gasteiger partial charge in [-0.2, -0.15) is 0 Å². The average molecular weight is 197 g/mol. The number of hydrogen-bond acceptors (Lipinski definition) is 3. The molecule has 0 saturated carbocycles. The maximum atomic E-state index is 9.02. The number of aliphatic hydroxyl groups excluding tert-OH is 1. The normalized spacial score (nSPS) is 15.4. The molecule has 0 radical (unpaired) electrons. The van der Waals surface area contributed by atoms with E-state index >= 15 is 0 Å². The third kappa shape index (κ3) is 3.52. The first-order chi connectivity index (χ1) is 6.76. The van der Waals surface area contributed by atoms with Crippen molar-refractivity contribution < 1.29 is 9.52 Å². The van der Waals surface area contributed by atoms with Crippen LogP contribution in [0.25, 0.3) is 0 Å². The minimum Gasteiger partial charge on any atom is -0.469 e. The quantitative estimate of drug-likeness (QED) is 0.727. The van der Waals surface area contributed by atoms with Crippen LogP contribution in [0.15, 0.2) is 22.8 Å². The summed E-state index contributed by atoms with van der Waals surface area (Å²) in [5.74, 6) is 0.984. The standard InChI is InChI=1S/C11H19NO2/c1-3-10(8-13)12-9(2)7-11-5-4-6-14-11/h4-6,9-10,12-13H,3,7-8H2,1-2H3. The molecule has 1 heterocycles. The van der Waals surface area contributed by atoms with E-state index in [1.165, 1.54) is 0 Å². The molecule has 0 aromatic carbocycles. The van der Waals surface area contributed by atoms with Crippen LogP contribution >= 0.6 is 0 Å². The Morgan fingerprint density at radius 3 is 2.86 bits per heavy atom. The predicted octanol–water partition coefficient (Wildman–Crippen LogP) is 1.57. The fraction of sp³-hybridized carbons (Fsp3) is 0.636. The summed E-state index contributed by atoms with van der Waals surface area (Å²) in [6.07, 6.45) is 3.49. The van der Waals surface area contributed by atoms with Crippen molar-refractivity contribution in [2.45, 2.75) is 38.8 Å². The van der Waals surface area contributed by atoms with E-state index in [-0.39, 0.29) is 12.6 Å². The zero-order valence-electron chi connectivity index (χ0n) is 8.86. The zero-order valence-corrected chi connectivity index (χ0v) is 8.86. The lowest BCUT2D eigenvalue weighted by Crippen LogP contribution is -2.39. The maximum Gasteiger partial charge on any atom is 0.105 e. The van der Waals surface area contributed by atoms with Gasteiger partial charge in [-0.25, -0.2) is 0 Å². The van der Waals surface area contributed by atoms with Crippen LogP contribution in [-0.4, -0.2) is 23.8 Å². The Morgan fingerprint density at radius 1 is 1.57 bits per heavy atom. The molecule has 2 atom stereocenters. The molecule has 0 saturated heterocycles. The van der Waals surface area contributed by atoms with Crippen LogP contribution in [0.1, 0.15) is 26.0 Å². The number of nitrogens with one attached hydrogen (secondary N) is 1. The van der Waals surface area contributed by atoms with Crippen molar-refractivity contribution >= 4 is 0 Å². The van der Waals surface area contributed by atoms with Gasteiger partial charge in [0.25, 0.3) is 0 Å². The molecular formula is C11H19NO2. The van der Waals surface area contributed by atoms with Crippen LogP contribution in [0, 0.1) is 0 Å². The fourth-order valence-corrected chi connectivity index (χ4v) is 1.49.